The molecule has 2 fully saturated rings. The van der Waals surface area contributed by atoms with Crippen LogP contribution in [-0.2, 0) is 9.47 Å². The lowest BCUT2D eigenvalue weighted by Crippen LogP contribution is -2.21. The first-order chi connectivity index (χ1) is 6.35. The molecule has 1 spiro atoms. The maximum atomic E-state index is 8.16. The normalized spacial score (nSPS) is 38.0. The second-order valence-electron chi connectivity index (χ2n) is 3.85. The minimum atomic E-state index is 0.109. The van der Waals surface area contributed by atoms with E-state index < -0.39 is 0 Å². The summed E-state index contributed by atoms with van der Waals surface area (Å²) < 4.78 is 10.9. The van der Waals surface area contributed by atoms with Gasteiger partial charge in [0.15, 0.2) is 0 Å². The third-order valence-electron chi connectivity index (χ3n) is 2.82. The van der Waals surface area contributed by atoms with Crippen LogP contribution in [0.3, 0.4) is 0 Å². The molecular weight excluding hydrogens is 170 g/mol. The fourth-order valence-electron chi connectivity index (χ4n) is 2.06. The molecule has 0 aliphatic carbocycles. The second-order valence-corrected chi connectivity index (χ2v) is 3.85. The van der Waals surface area contributed by atoms with E-state index >= 15 is 0 Å². The summed E-state index contributed by atoms with van der Waals surface area (Å²) in [6.07, 6.45) is 2.17. The van der Waals surface area contributed by atoms with Crippen molar-refractivity contribution in [2.75, 3.05) is 26.4 Å². The van der Waals surface area contributed by atoms with E-state index in [-0.39, 0.29) is 11.5 Å². The average molecular weight is 183 g/mol. The van der Waals surface area contributed by atoms with Gasteiger partial charge in [-0.3, -0.25) is 0 Å². The van der Waals surface area contributed by atoms with Gasteiger partial charge < -0.3 is 9.47 Å². The Bertz CT molecular complexity index is 232. The molecular formula is C8H13N3O2. The van der Waals surface area contributed by atoms with E-state index in [9.17, 15) is 0 Å². The lowest BCUT2D eigenvalue weighted by atomic mass is 9.85. The van der Waals surface area contributed by atoms with Crippen molar-refractivity contribution < 1.29 is 9.47 Å². The Morgan fingerprint density at radius 2 is 2.46 bits per heavy atom. The topological polar surface area (TPSA) is 67.2 Å². The molecule has 0 saturated carbocycles. The molecule has 2 rings (SSSR count). The molecule has 0 aromatic heterocycles. The van der Waals surface area contributed by atoms with E-state index in [2.05, 4.69) is 10.0 Å². The third-order valence-corrected chi connectivity index (χ3v) is 2.82. The molecule has 2 aliphatic heterocycles. The summed E-state index contributed by atoms with van der Waals surface area (Å²) in [6.45, 7) is 2.87. The van der Waals surface area contributed by atoms with Gasteiger partial charge in [-0.15, -0.1) is 0 Å². The number of azide groups is 1. The SMILES string of the molecule is [N-]=[N+]=NC[C@H]1C[C@]2(CCOC2)CO1. The molecule has 0 amide bonds. The number of ether oxygens (including phenoxy) is 2. The molecule has 0 bridgehead atoms. The van der Waals surface area contributed by atoms with E-state index in [1.54, 1.807) is 0 Å². The predicted molar refractivity (Wildman–Crippen MR) is 46.2 cm³/mol. The van der Waals surface area contributed by atoms with Crippen LogP contribution in [-0.4, -0.2) is 32.5 Å². The molecule has 2 heterocycles. The fourth-order valence-corrected chi connectivity index (χ4v) is 2.06. The predicted octanol–water partition coefficient (Wildman–Crippen LogP) is 1.49. The zero-order chi connectivity index (χ0) is 9.15. The molecule has 0 N–H and O–H groups in total. The summed E-state index contributed by atoms with van der Waals surface area (Å²) in [5.74, 6) is 0. The minimum absolute atomic E-state index is 0.109. The standard InChI is InChI=1S/C8H13N3O2/c9-11-10-4-7-3-8(6-13-7)1-2-12-5-8/h7H,1-6H2/t7-,8+/m1/s1. The van der Waals surface area contributed by atoms with Gasteiger partial charge in [0.05, 0.1) is 25.9 Å². The Balaban J connectivity index is 1.89. The second kappa shape index (κ2) is 3.54. The summed E-state index contributed by atoms with van der Waals surface area (Å²) in [5, 5.41) is 3.52. The number of hydrogen-bond donors (Lipinski definition) is 0. The van der Waals surface area contributed by atoms with Crippen LogP contribution in [0.15, 0.2) is 5.11 Å². The van der Waals surface area contributed by atoms with Gasteiger partial charge in [0.25, 0.3) is 0 Å². The van der Waals surface area contributed by atoms with Crippen molar-refractivity contribution in [3.8, 4) is 0 Å². The van der Waals surface area contributed by atoms with E-state index in [0.717, 1.165) is 32.7 Å². The van der Waals surface area contributed by atoms with Gasteiger partial charge in [-0.25, -0.2) is 0 Å². The first-order valence-electron chi connectivity index (χ1n) is 4.55. The van der Waals surface area contributed by atoms with E-state index in [4.69, 9.17) is 15.0 Å². The van der Waals surface area contributed by atoms with Crippen LogP contribution in [0.1, 0.15) is 12.8 Å². The van der Waals surface area contributed by atoms with E-state index in [1.165, 1.54) is 0 Å². The van der Waals surface area contributed by atoms with E-state index in [0.29, 0.717) is 6.54 Å². The maximum Gasteiger partial charge on any atom is 0.0638 e. The molecule has 13 heavy (non-hydrogen) atoms. The van der Waals surface area contributed by atoms with Crippen LogP contribution < -0.4 is 0 Å². The monoisotopic (exact) mass is 183 g/mol. The lowest BCUT2D eigenvalue weighted by molar-refractivity contribution is 0.0921. The number of nitrogens with zero attached hydrogens (tertiary/aromatic N) is 3. The average Bonchev–Trinajstić information content (AvgIpc) is 2.74. The fraction of sp³-hybridized carbons (Fsp3) is 1.00. The number of rotatable bonds is 2. The summed E-state index contributed by atoms with van der Waals surface area (Å²) in [6, 6.07) is 0. The molecule has 0 unspecified atom stereocenters. The molecule has 5 heteroatoms. The number of hydrogen-bond acceptors (Lipinski definition) is 3. The Morgan fingerprint density at radius 1 is 1.54 bits per heavy atom. The Kier molecular flexibility index (Phi) is 2.40. The van der Waals surface area contributed by atoms with Crippen LogP contribution in [0, 0.1) is 5.41 Å². The molecule has 0 aromatic carbocycles. The zero-order valence-corrected chi connectivity index (χ0v) is 7.48. The summed E-state index contributed by atoms with van der Waals surface area (Å²) >= 11 is 0. The summed E-state index contributed by atoms with van der Waals surface area (Å²) in [4.78, 5) is 2.73. The molecule has 2 aliphatic rings. The Morgan fingerprint density at radius 3 is 3.15 bits per heavy atom. The van der Waals surface area contributed by atoms with Gasteiger partial charge in [-0.2, -0.15) is 0 Å². The van der Waals surface area contributed by atoms with Crippen LogP contribution in [0.2, 0.25) is 0 Å². The quantitative estimate of drug-likeness (QED) is 0.370. The highest BCUT2D eigenvalue weighted by Gasteiger charge is 2.42. The van der Waals surface area contributed by atoms with Gasteiger partial charge >= 0.3 is 0 Å². The molecule has 5 nitrogen and oxygen atoms in total. The van der Waals surface area contributed by atoms with E-state index in [1.807, 2.05) is 0 Å². The zero-order valence-electron chi connectivity index (χ0n) is 7.48. The van der Waals surface area contributed by atoms with Crippen molar-refractivity contribution >= 4 is 0 Å². The van der Waals surface area contributed by atoms with Crippen molar-refractivity contribution in [3.05, 3.63) is 10.4 Å². The summed E-state index contributed by atoms with van der Waals surface area (Å²) in [7, 11) is 0. The van der Waals surface area contributed by atoms with Crippen molar-refractivity contribution in [2.24, 2.45) is 10.5 Å². The first kappa shape index (κ1) is 8.81. The molecule has 0 radical (unpaired) electrons. The van der Waals surface area contributed by atoms with Crippen molar-refractivity contribution in [2.45, 2.75) is 18.9 Å². The molecule has 2 atom stereocenters. The smallest absolute Gasteiger partial charge is 0.0638 e. The Labute approximate surface area is 76.6 Å². The highest BCUT2D eigenvalue weighted by molar-refractivity contribution is 4.91. The van der Waals surface area contributed by atoms with Gasteiger partial charge in [0, 0.05) is 16.9 Å². The molecule has 2 saturated heterocycles. The van der Waals surface area contributed by atoms with Crippen molar-refractivity contribution in [3.63, 3.8) is 0 Å². The third kappa shape index (κ3) is 1.77. The summed E-state index contributed by atoms with van der Waals surface area (Å²) in [5.41, 5.74) is 8.39. The molecule has 72 valence electrons. The van der Waals surface area contributed by atoms with Crippen molar-refractivity contribution in [1.82, 2.24) is 0 Å². The van der Waals surface area contributed by atoms with Gasteiger partial charge in [0.1, 0.15) is 0 Å². The lowest BCUT2D eigenvalue weighted by Gasteiger charge is -2.17. The minimum Gasteiger partial charge on any atom is -0.381 e. The maximum absolute atomic E-state index is 8.16. The van der Waals surface area contributed by atoms with Crippen molar-refractivity contribution in [1.29, 1.82) is 0 Å². The van der Waals surface area contributed by atoms with Gasteiger partial charge in [-0.1, -0.05) is 5.11 Å². The van der Waals surface area contributed by atoms with Crippen LogP contribution in [0.4, 0.5) is 0 Å². The largest absolute Gasteiger partial charge is 0.381 e. The first-order valence-corrected chi connectivity index (χ1v) is 4.55. The van der Waals surface area contributed by atoms with Crippen LogP contribution in [0.5, 0.6) is 0 Å². The van der Waals surface area contributed by atoms with Crippen LogP contribution in [0.25, 0.3) is 10.4 Å². The highest BCUT2D eigenvalue weighted by Crippen LogP contribution is 2.39. The molecule has 0 aromatic rings. The van der Waals surface area contributed by atoms with Gasteiger partial charge in [0.2, 0.25) is 0 Å². The Hall–Kier alpha value is -0.770. The van der Waals surface area contributed by atoms with Crippen LogP contribution >= 0.6 is 0 Å². The highest BCUT2D eigenvalue weighted by atomic mass is 16.5. The van der Waals surface area contributed by atoms with Gasteiger partial charge in [-0.05, 0) is 18.4 Å².